The summed E-state index contributed by atoms with van der Waals surface area (Å²) in [4.78, 5) is 1.52. The summed E-state index contributed by atoms with van der Waals surface area (Å²) in [6.45, 7) is 3.32. The zero-order chi connectivity index (χ0) is 12.7. The van der Waals surface area contributed by atoms with Crippen LogP contribution in [0.5, 0.6) is 0 Å². The summed E-state index contributed by atoms with van der Waals surface area (Å²) in [5.74, 6) is 0. The van der Waals surface area contributed by atoms with Crippen molar-refractivity contribution in [2.75, 3.05) is 26.2 Å². The molecule has 5 heteroatoms. The average molecular weight is 252 g/mol. The highest BCUT2D eigenvalue weighted by Crippen LogP contribution is 2.17. The van der Waals surface area contributed by atoms with Gasteiger partial charge < -0.3 is 5.32 Å². The molecule has 1 saturated heterocycles. The lowest BCUT2D eigenvalue weighted by Crippen LogP contribution is -2.36. The van der Waals surface area contributed by atoms with E-state index in [-0.39, 0.29) is 0 Å². The Morgan fingerprint density at radius 1 is 1.29 bits per heavy atom. The number of hydrogen-bond donors (Lipinski definition) is 1. The number of nitrogens with zero attached hydrogens (tertiary/aromatic N) is 1. The maximum Gasteiger partial charge on any atom is 0.401 e. The van der Waals surface area contributed by atoms with Gasteiger partial charge in [-0.3, -0.25) is 4.90 Å². The van der Waals surface area contributed by atoms with Crippen molar-refractivity contribution < 1.29 is 13.2 Å². The molecule has 1 heterocycles. The molecule has 1 fully saturated rings. The second-order valence-corrected chi connectivity index (χ2v) is 4.83. The van der Waals surface area contributed by atoms with Crippen LogP contribution in [0.3, 0.4) is 0 Å². The minimum atomic E-state index is -4.07. The van der Waals surface area contributed by atoms with E-state index in [2.05, 4.69) is 5.32 Å². The van der Waals surface area contributed by atoms with Crippen LogP contribution in [0.2, 0.25) is 0 Å². The molecule has 0 bridgehead atoms. The van der Waals surface area contributed by atoms with Gasteiger partial charge in [-0.05, 0) is 51.7 Å². The van der Waals surface area contributed by atoms with Gasteiger partial charge in [0.1, 0.15) is 0 Å². The molecule has 17 heavy (non-hydrogen) atoms. The van der Waals surface area contributed by atoms with Gasteiger partial charge >= 0.3 is 6.18 Å². The number of hydrogen-bond acceptors (Lipinski definition) is 2. The summed E-state index contributed by atoms with van der Waals surface area (Å²) >= 11 is 0. The third-order valence-electron chi connectivity index (χ3n) is 3.13. The topological polar surface area (TPSA) is 15.3 Å². The molecule has 0 spiro atoms. The number of halogens is 3. The van der Waals surface area contributed by atoms with Crippen molar-refractivity contribution in [3.63, 3.8) is 0 Å². The zero-order valence-corrected chi connectivity index (χ0v) is 10.5. The molecule has 1 aliphatic heterocycles. The second-order valence-electron chi connectivity index (χ2n) is 4.83. The summed E-state index contributed by atoms with van der Waals surface area (Å²) < 4.78 is 36.9. The molecule has 0 aromatic rings. The van der Waals surface area contributed by atoms with Crippen LogP contribution in [0.1, 0.15) is 39.0 Å². The van der Waals surface area contributed by atoms with Crippen LogP contribution in [0.4, 0.5) is 13.2 Å². The van der Waals surface area contributed by atoms with E-state index in [9.17, 15) is 13.2 Å². The van der Waals surface area contributed by atoms with Crippen LogP contribution in [-0.2, 0) is 0 Å². The smallest absolute Gasteiger partial charge is 0.314 e. The normalized spacial score (nSPS) is 21.4. The maximum atomic E-state index is 12.3. The van der Waals surface area contributed by atoms with Gasteiger partial charge in [-0.25, -0.2) is 0 Å². The Morgan fingerprint density at radius 2 is 2.06 bits per heavy atom. The van der Waals surface area contributed by atoms with Crippen LogP contribution in [0, 0.1) is 0 Å². The molecular formula is C12H23F3N2. The van der Waals surface area contributed by atoms with Crippen molar-refractivity contribution in [3.8, 4) is 0 Å². The van der Waals surface area contributed by atoms with Gasteiger partial charge in [0.05, 0.1) is 6.54 Å². The Kier molecular flexibility index (Phi) is 6.27. The van der Waals surface area contributed by atoms with Crippen molar-refractivity contribution in [1.29, 1.82) is 0 Å². The third-order valence-corrected chi connectivity index (χ3v) is 3.13. The molecular weight excluding hydrogens is 229 g/mol. The lowest BCUT2D eigenvalue weighted by Gasteiger charge is -2.23. The Hall–Kier alpha value is -0.290. The Balaban J connectivity index is 2.18. The van der Waals surface area contributed by atoms with Crippen molar-refractivity contribution >= 4 is 0 Å². The fourth-order valence-electron chi connectivity index (χ4n) is 2.40. The maximum absolute atomic E-state index is 12.3. The molecule has 0 aromatic heterocycles. The van der Waals surface area contributed by atoms with Gasteiger partial charge in [0.15, 0.2) is 0 Å². The highest BCUT2D eigenvalue weighted by Gasteiger charge is 2.30. The lowest BCUT2D eigenvalue weighted by molar-refractivity contribution is -0.146. The van der Waals surface area contributed by atoms with Gasteiger partial charge in [-0.1, -0.05) is 6.92 Å². The van der Waals surface area contributed by atoms with E-state index in [1.807, 2.05) is 6.92 Å². The average Bonchev–Trinajstić information content (AvgIpc) is 2.68. The molecule has 1 rings (SSSR count). The molecule has 1 unspecified atom stereocenters. The predicted molar refractivity (Wildman–Crippen MR) is 63.0 cm³/mol. The largest absolute Gasteiger partial charge is 0.401 e. The Morgan fingerprint density at radius 3 is 2.59 bits per heavy atom. The van der Waals surface area contributed by atoms with E-state index >= 15 is 0 Å². The van der Waals surface area contributed by atoms with Gasteiger partial charge in [0.2, 0.25) is 0 Å². The van der Waals surface area contributed by atoms with Crippen LogP contribution >= 0.6 is 0 Å². The van der Waals surface area contributed by atoms with Gasteiger partial charge in [0, 0.05) is 6.04 Å². The predicted octanol–water partition coefficient (Wildman–Crippen LogP) is 2.79. The lowest BCUT2D eigenvalue weighted by atomic mass is 10.1. The number of rotatable bonds is 7. The van der Waals surface area contributed by atoms with Gasteiger partial charge in [-0.15, -0.1) is 0 Å². The Labute approximate surface area is 102 Å². The first-order chi connectivity index (χ1) is 8.01. The number of alkyl halides is 3. The first-order valence-electron chi connectivity index (χ1n) is 6.54. The molecule has 2 nitrogen and oxygen atoms in total. The Bertz CT molecular complexity index is 200. The molecule has 0 aliphatic carbocycles. The van der Waals surface area contributed by atoms with Gasteiger partial charge in [-0.2, -0.15) is 13.2 Å². The SMILES string of the molecule is CCCN(CCCC1CCCN1)CC(F)(F)F. The quantitative estimate of drug-likeness (QED) is 0.749. The van der Waals surface area contributed by atoms with E-state index in [0.717, 1.165) is 25.8 Å². The molecule has 0 saturated carbocycles. The zero-order valence-electron chi connectivity index (χ0n) is 10.5. The van der Waals surface area contributed by atoms with Crippen molar-refractivity contribution in [1.82, 2.24) is 10.2 Å². The first kappa shape index (κ1) is 14.8. The number of nitrogens with one attached hydrogen (secondary N) is 1. The van der Waals surface area contributed by atoms with E-state index in [1.54, 1.807) is 0 Å². The second kappa shape index (κ2) is 7.21. The van der Waals surface area contributed by atoms with Crippen LogP contribution in [0.15, 0.2) is 0 Å². The van der Waals surface area contributed by atoms with E-state index < -0.39 is 12.7 Å². The summed E-state index contributed by atoms with van der Waals surface area (Å²) in [6.07, 6.45) is 0.934. The highest BCUT2D eigenvalue weighted by molar-refractivity contribution is 4.74. The monoisotopic (exact) mass is 252 g/mol. The minimum absolute atomic E-state index is 0.532. The van der Waals surface area contributed by atoms with Gasteiger partial charge in [0.25, 0.3) is 0 Å². The molecule has 1 N–H and O–H groups in total. The summed E-state index contributed by atoms with van der Waals surface area (Å²) in [6, 6.07) is 0.532. The first-order valence-corrected chi connectivity index (χ1v) is 6.54. The summed E-state index contributed by atoms with van der Waals surface area (Å²) in [7, 11) is 0. The van der Waals surface area contributed by atoms with Crippen LogP contribution in [-0.4, -0.2) is 43.3 Å². The third kappa shape index (κ3) is 6.88. The van der Waals surface area contributed by atoms with Crippen molar-refractivity contribution in [3.05, 3.63) is 0 Å². The fourth-order valence-corrected chi connectivity index (χ4v) is 2.40. The molecule has 0 radical (unpaired) electrons. The van der Waals surface area contributed by atoms with E-state index in [1.165, 1.54) is 17.7 Å². The van der Waals surface area contributed by atoms with Crippen molar-refractivity contribution in [2.45, 2.75) is 51.2 Å². The molecule has 102 valence electrons. The summed E-state index contributed by atoms with van der Waals surface area (Å²) in [5, 5.41) is 3.37. The van der Waals surface area contributed by atoms with E-state index in [0.29, 0.717) is 19.1 Å². The minimum Gasteiger partial charge on any atom is -0.314 e. The highest BCUT2D eigenvalue weighted by atomic mass is 19.4. The molecule has 1 aliphatic rings. The van der Waals surface area contributed by atoms with Crippen LogP contribution in [0.25, 0.3) is 0 Å². The molecule has 1 atom stereocenters. The van der Waals surface area contributed by atoms with Crippen molar-refractivity contribution in [2.24, 2.45) is 0 Å². The summed E-state index contributed by atoms with van der Waals surface area (Å²) in [5.41, 5.74) is 0. The standard InChI is InChI=1S/C12H23F3N2/c1-2-8-17(10-12(13,14)15)9-4-6-11-5-3-7-16-11/h11,16H,2-10H2,1H3. The fraction of sp³-hybridized carbons (Fsp3) is 1.00. The van der Waals surface area contributed by atoms with Crippen LogP contribution < -0.4 is 5.32 Å². The molecule has 0 aromatic carbocycles. The molecule has 0 amide bonds. The van der Waals surface area contributed by atoms with E-state index in [4.69, 9.17) is 0 Å².